The van der Waals surface area contributed by atoms with E-state index in [1.165, 1.54) is 61.5 Å². The second-order valence-electron chi connectivity index (χ2n) is 7.90. The van der Waals surface area contributed by atoms with E-state index in [9.17, 15) is 5.11 Å². The molecule has 0 fully saturated rings. The number of unbranched alkanes of at least 4 members (excludes halogenated alkanes) is 3. The minimum atomic E-state index is -0.775. The molecule has 1 rings (SSSR count). The van der Waals surface area contributed by atoms with E-state index in [0.29, 0.717) is 9.98 Å². The molecule has 4 heteroatoms. The number of aliphatic hydroxyl groups is 1. The number of nitrogens with zero attached hydrogens (tertiary/aromatic N) is 2. The van der Waals surface area contributed by atoms with Crippen molar-refractivity contribution in [2.24, 2.45) is 0 Å². The molecule has 3 nitrogen and oxygen atoms in total. The van der Waals surface area contributed by atoms with Crippen LogP contribution in [0.25, 0.3) is 0 Å². The van der Waals surface area contributed by atoms with E-state index in [2.05, 4.69) is 36.6 Å². The molecule has 0 saturated heterocycles. The molecule has 0 amide bonds. The monoisotopic (exact) mass is 442 g/mol. The Bertz CT molecular complexity index is 429. The molecular weight excluding hydrogens is 403 g/mol. The van der Waals surface area contributed by atoms with Crippen molar-refractivity contribution in [3.05, 3.63) is 12.3 Å². The van der Waals surface area contributed by atoms with E-state index in [4.69, 9.17) is 0 Å². The molecule has 1 heterocycles. The van der Waals surface area contributed by atoms with E-state index in [-0.39, 0.29) is 0 Å². The molecule has 0 atom stereocenters. The summed E-state index contributed by atoms with van der Waals surface area (Å²) in [5.74, 6) is 0. The fourth-order valence-corrected chi connectivity index (χ4v) is 8.66. The predicted octanol–water partition coefficient (Wildman–Crippen LogP) is 4.71. The molecule has 24 heavy (non-hydrogen) atoms. The van der Waals surface area contributed by atoms with Crippen molar-refractivity contribution in [3.8, 4) is 0 Å². The Kier molecular flexibility index (Phi) is 9.95. The zero-order valence-corrected chi connectivity index (χ0v) is 19.4. The van der Waals surface area contributed by atoms with Gasteiger partial charge in [-0.05, 0) is 0 Å². The van der Waals surface area contributed by atoms with Gasteiger partial charge in [-0.15, -0.1) is 0 Å². The summed E-state index contributed by atoms with van der Waals surface area (Å²) in [6.07, 6.45) is 14.1. The van der Waals surface area contributed by atoms with Gasteiger partial charge in [-0.25, -0.2) is 0 Å². The molecule has 138 valence electrons. The summed E-state index contributed by atoms with van der Waals surface area (Å²) >= 11 is -0.775. The molecule has 0 spiro atoms. The molecular formula is C20H38N2OSn. The van der Waals surface area contributed by atoms with Crippen LogP contribution in [0.15, 0.2) is 12.3 Å². The van der Waals surface area contributed by atoms with Crippen molar-refractivity contribution in [2.75, 3.05) is 0 Å². The van der Waals surface area contributed by atoms with Crippen molar-refractivity contribution < 1.29 is 5.11 Å². The number of hydrogen-bond acceptors (Lipinski definition) is 2. The van der Waals surface area contributed by atoms with Crippen LogP contribution < -0.4 is 3.71 Å². The van der Waals surface area contributed by atoms with E-state index in [1.54, 1.807) is 0 Å². The third-order valence-electron chi connectivity index (χ3n) is 4.67. The van der Waals surface area contributed by atoms with Gasteiger partial charge in [-0.1, -0.05) is 0 Å². The number of aromatic nitrogens is 2. The molecule has 0 aliphatic carbocycles. The summed E-state index contributed by atoms with van der Waals surface area (Å²) in [5.41, 5.74) is -0.695. The second-order valence-corrected chi connectivity index (χ2v) is 13.1. The Hall–Kier alpha value is -0.0313. The molecule has 0 aromatic carbocycles. The van der Waals surface area contributed by atoms with Gasteiger partial charge in [0, 0.05) is 0 Å². The van der Waals surface area contributed by atoms with Gasteiger partial charge < -0.3 is 0 Å². The van der Waals surface area contributed by atoms with Crippen molar-refractivity contribution in [3.63, 3.8) is 0 Å². The number of hydrogen-bond donors (Lipinski definition) is 1. The summed E-state index contributed by atoms with van der Waals surface area (Å²) in [6.45, 7) is 11.3. The molecule has 0 saturated carbocycles. The van der Waals surface area contributed by atoms with Crippen LogP contribution in [0.4, 0.5) is 0 Å². The summed E-state index contributed by atoms with van der Waals surface area (Å²) in [6, 6.07) is 2.23. The first-order chi connectivity index (χ1) is 11.4. The molecule has 0 aliphatic rings. The zero-order chi connectivity index (χ0) is 18.1. The van der Waals surface area contributed by atoms with Crippen LogP contribution >= 0.6 is 0 Å². The normalized spacial score (nSPS) is 12.8. The van der Waals surface area contributed by atoms with Crippen LogP contribution in [0.2, 0.25) is 3.43 Å². The van der Waals surface area contributed by atoms with Crippen LogP contribution in [0.5, 0.6) is 0 Å². The standard InChI is InChI=1S/C13H27.C7H11N2O.Sn/c1-4-7-10-13(11-8-5-2)12-9-6-3;1-7(2,10)6-9-5-3-4-8-9;/h4-12H2,1-3H3;3-4,10H,6H2,1-2H3;. The fourth-order valence-electron chi connectivity index (χ4n) is 3.31. The molecule has 1 N–H and O–H groups in total. The number of rotatable bonds is 13. The summed E-state index contributed by atoms with van der Waals surface area (Å²) in [5, 5.41) is 14.7. The summed E-state index contributed by atoms with van der Waals surface area (Å²) < 4.78 is 4.14. The quantitative estimate of drug-likeness (QED) is 0.451. The van der Waals surface area contributed by atoms with Crippen molar-refractivity contribution in [1.82, 2.24) is 9.78 Å². The van der Waals surface area contributed by atoms with Gasteiger partial charge in [0.25, 0.3) is 0 Å². The van der Waals surface area contributed by atoms with Gasteiger partial charge >= 0.3 is 160 Å². The third kappa shape index (κ3) is 7.90. The van der Waals surface area contributed by atoms with Gasteiger partial charge in [0.05, 0.1) is 0 Å². The van der Waals surface area contributed by atoms with Gasteiger partial charge in [0.1, 0.15) is 0 Å². The molecule has 1 aromatic rings. The first-order valence-corrected chi connectivity index (χ1v) is 12.7. The average Bonchev–Trinajstić information content (AvgIpc) is 2.93. The minimum absolute atomic E-state index is 0.572. The van der Waals surface area contributed by atoms with Crippen LogP contribution in [0.1, 0.15) is 92.4 Å². The topological polar surface area (TPSA) is 38.0 Å². The molecule has 2 radical (unpaired) electrons. The Morgan fingerprint density at radius 1 is 1.00 bits per heavy atom. The van der Waals surface area contributed by atoms with Gasteiger partial charge in [0.2, 0.25) is 0 Å². The van der Waals surface area contributed by atoms with Crippen LogP contribution in [-0.2, 0) is 6.54 Å². The Morgan fingerprint density at radius 3 is 1.92 bits per heavy atom. The van der Waals surface area contributed by atoms with Crippen molar-refractivity contribution in [2.45, 2.75) is 108 Å². The van der Waals surface area contributed by atoms with Crippen molar-refractivity contribution >= 4 is 24.9 Å². The molecule has 1 aromatic heterocycles. The summed E-state index contributed by atoms with van der Waals surface area (Å²) in [4.78, 5) is 0. The Labute approximate surface area is 159 Å². The van der Waals surface area contributed by atoms with Crippen LogP contribution in [-0.4, -0.2) is 41.6 Å². The Balaban J connectivity index is 2.98. The van der Waals surface area contributed by atoms with E-state index < -0.39 is 26.7 Å². The molecule has 0 aliphatic heterocycles. The van der Waals surface area contributed by atoms with E-state index in [0.717, 1.165) is 0 Å². The third-order valence-corrected chi connectivity index (χ3v) is 10.3. The van der Waals surface area contributed by atoms with Crippen molar-refractivity contribution in [1.29, 1.82) is 0 Å². The fraction of sp³-hybridized carbons (Fsp3) is 0.850. The van der Waals surface area contributed by atoms with Gasteiger partial charge in [0.15, 0.2) is 0 Å². The summed E-state index contributed by atoms with van der Waals surface area (Å²) in [7, 11) is 0. The van der Waals surface area contributed by atoms with Gasteiger partial charge in [-0.2, -0.15) is 0 Å². The second kappa shape index (κ2) is 10.8. The van der Waals surface area contributed by atoms with Crippen LogP contribution in [0.3, 0.4) is 0 Å². The Morgan fingerprint density at radius 2 is 1.50 bits per heavy atom. The first kappa shape index (κ1) is 22.0. The SMILES string of the molecule is CCCC[C](CCCC)(CCCC)[Sn][c]1ccnn1CC(C)(C)O. The van der Waals surface area contributed by atoms with Crippen LogP contribution in [0, 0.1) is 0 Å². The molecule has 0 bridgehead atoms. The average molecular weight is 441 g/mol. The van der Waals surface area contributed by atoms with Gasteiger partial charge in [-0.3, -0.25) is 0 Å². The first-order valence-electron chi connectivity index (χ1n) is 9.88. The molecule has 0 unspecified atom stereocenters. The maximum absolute atomic E-state index is 10.2. The van der Waals surface area contributed by atoms with E-state index in [1.807, 2.05) is 20.0 Å². The zero-order valence-electron chi connectivity index (χ0n) is 16.6. The maximum atomic E-state index is 10.2. The predicted molar refractivity (Wildman–Crippen MR) is 105 cm³/mol. The van der Waals surface area contributed by atoms with E-state index >= 15 is 0 Å².